The maximum atomic E-state index is 12.0. The lowest BCUT2D eigenvalue weighted by atomic mass is 10.1. The Morgan fingerprint density at radius 1 is 1.31 bits per heavy atom. The topological polar surface area (TPSA) is 127 Å². The predicted molar refractivity (Wildman–Crippen MR) is 110 cm³/mol. The van der Waals surface area contributed by atoms with E-state index in [2.05, 4.69) is 28.8 Å². The molecule has 0 unspecified atom stereocenters. The van der Waals surface area contributed by atoms with Crippen LogP contribution in [0.25, 0.3) is 10.9 Å². The van der Waals surface area contributed by atoms with Crippen molar-refractivity contribution in [2.24, 2.45) is 5.73 Å². The van der Waals surface area contributed by atoms with Crippen LogP contribution in [0.15, 0.2) is 24.4 Å². The summed E-state index contributed by atoms with van der Waals surface area (Å²) >= 11 is 0. The Kier molecular flexibility index (Phi) is 6.39. The Morgan fingerprint density at radius 2 is 2.00 bits per heavy atom. The van der Waals surface area contributed by atoms with Gasteiger partial charge in [-0.25, -0.2) is 13.9 Å². The largest absolute Gasteiger partial charge is 0.316 e. The van der Waals surface area contributed by atoms with Crippen molar-refractivity contribution in [1.82, 2.24) is 15.3 Å². The molecule has 4 N–H and O–H groups in total. The number of sulfone groups is 1. The van der Waals surface area contributed by atoms with Crippen LogP contribution < -0.4 is 11.2 Å². The molecular formula is C20H24N4O4S. The van der Waals surface area contributed by atoms with Crippen LogP contribution in [0.4, 0.5) is 0 Å². The highest BCUT2D eigenvalue weighted by atomic mass is 32.2. The summed E-state index contributed by atoms with van der Waals surface area (Å²) in [5, 5.41) is 14.1. The van der Waals surface area contributed by atoms with Crippen molar-refractivity contribution in [3.8, 4) is 23.7 Å². The first kappa shape index (κ1) is 22.4. The first-order valence-electron chi connectivity index (χ1n) is 8.79. The number of rotatable bonds is 5. The highest BCUT2D eigenvalue weighted by molar-refractivity contribution is 7.92. The van der Waals surface area contributed by atoms with Crippen LogP contribution in [0.2, 0.25) is 0 Å². The van der Waals surface area contributed by atoms with Gasteiger partial charge in [-0.2, -0.15) is 5.10 Å². The first-order chi connectivity index (χ1) is 13.4. The smallest absolute Gasteiger partial charge is 0.264 e. The van der Waals surface area contributed by atoms with Crippen molar-refractivity contribution in [2.45, 2.75) is 44.0 Å². The Balaban J connectivity index is 2.23. The quantitative estimate of drug-likeness (QED) is 0.376. The third-order valence-corrected chi connectivity index (χ3v) is 6.45. The van der Waals surface area contributed by atoms with Crippen LogP contribution in [0, 0.1) is 23.7 Å². The maximum absolute atomic E-state index is 12.0. The van der Waals surface area contributed by atoms with E-state index in [-0.39, 0.29) is 13.0 Å². The van der Waals surface area contributed by atoms with Crippen LogP contribution in [0.1, 0.15) is 32.8 Å². The highest BCUT2D eigenvalue weighted by Gasteiger charge is 2.43. The molecule has 8 nitrogen and oxygen atoms in total. The van der Waals surface area contributed by atoms with Crippen molar-refractivity contribution < 1.29 is 18.4 Å². The molecule has 0 saturated heterocycles. The molecule has 0 bridgehead atoms. The minimum absolute atomic E-state index is 0.0522. The molecule has 1 aromatic heterocycles. The number of benzene rings is 1. The number of nitrogens with two attached hydrogens (primary N) is 1. The lowest BCUT2D eigenvalue weighted by molar-refractivity contribution is -0.131. The number of nitrogens with zero attached hydrogens (tertiary/aromatic N) is 2. The Bertz CT molecular complexity index is 1150. The maximum Gasteiger partial charge on any atom is 0.264 e. The molecule has 0 aliphatic heterocycles. The van der Waals surface area contributed by atoms with Crippen LogP contribution >= 0.6 is 0 Å². The fraction of sp³-hybridized carbons (Fsp3) is 0.400. The SMILES string of the molecule is CC(C)(N)C#CC#Cc1ccc2nn(CC[C@](C)(C(=O)NO)S(C)(=O)=O)cc2c1. The van der Waals surface area contributed by atoms with Gasteiger partial charge in [0.15, 0.2) is 14.6 Å². The molecule has 2 aromatic rings. The number of fused-ring (bicyclic) bond motifs is 1. The van der Waals surface area contributed by atoms with Gasteiger partial charge in [-0.15, -0.1) is 0 Å². The number of carbonyl (C=O) groups is 1. The van der Waals surface area contributed by atoms with Gasteiger partial charge in [0.05, 0.1) is 11.1 Å². The number of hydroxylamine groups is 1. The summed E-state index contributed by atoms with van der Waals surface area (Å²) in [5.74, 6) is 10.3. The molecular weight excluding hydrogens is 392 g/mol. The molecule has 154 valence electrons. The number of nitrogens with one attached hydrogen (secondary N) is 1. The van der Waals surface area contributed by atoms with Gasteiger partial charge in [0.2, 0.25) is 0 Å². The summed E-state index contributed by atoms with van der Waals surface area (Å²) in [5.41, 5.74) is 8.06. The molecule has 1 amide bonds. The lowest BCUT2D eigenvalue weighted by Gasteiger charge is -2.24. The third kappa shape index (κ3) is 5.58. The third-order valence-electron chi connectivity index (χ3n) is 4.42. The molecule has 1 atom stereocenters. The molecule has 0 aliphatic rings. The zero-order valence-electron chi connectivity index (χ0n) is 16.8. The minimum atomic E-state index is -3.76. The highest BCUT2D eigenvalue weighted by Crippen LogP contribution is 2.23. The van der Waals surface area contributed by atoms with Gasteiger partial charge in [0.25, 0.3) is 5.91 Å². The summed E-state index contributed by atoms with van der Waals surface area (Å²) in [4.78, 5) is 11.9. The fourth-order valence-electron chi connectivity index (χ4n) is 2.48. The van der Waals surface area contributed by atoms with Gasteiger partial charge in [-0.1, -0.05) is 11.8 Å². The van der Waals surface area contributed by atoms with Crippen molar-refractivity contribution in [2.75, 3.05) is 6.26 Å². The normalized spacial score (nSPS) is 13.6. The Hall–Kier alpha value is -2.85. The predicted octanol–water partition coefficient (Wildman–Crippen LogP) is 0.827. The minimum Gasteiger partial charge on any atom is -0.316 e. The molecule has 9 heteroatoms. The monoisotopic (exact) mass is 416 g/mol. The zero-order chi connectivity index (χ0) is 21.9. The molecule has 0 saturated carbocycles. The van der Waals surface area contributed by atoms with Crippen molar-refractivity contribution in [3.05, 3.63) is 30.0 Å². The summed E-state index contributed by atoms with van der Waals surface area (Å²) in [6.07, 6.45) is 2.65. The van der Waals surface area contributed by atoms with Gasteiger partial charge < -0.3 is 5.73 Å². The van der Waals surface area contributed by atoms with E-state index in [0.717, 1.165) is 17.2 Å². The zero-order valence-corrected chi connectivity index (χ0v) is 17.6. The van der Waals surface area contributed by atoms with Crippen LogP contribution in [-0.4, -0.2) is 45.9 Å². The Morgan fingerprint density at radius 3 is 2.59 bits per heavy atom. The molecule has 0 aliphatic carbocycles. The molecule has 2 rings (SSSR count). The van der Waals surface area contributed by atoms with Gasteiger partial charge in [-0.05, 0) is 57.2 Å². The fourth-order valence-corrected chi connectivity index (χ4v) is 3.32. The van der Waals surface area contributed by atoms with E-state index >= 15 is 0 Å². The molecule has 29 heavy (non-hydrogen) atoms. The average Bonchev–Trinajstić information content (AvgIpc) is 3.03. The summed E-state index contributed by atoms with van der Waals surface area (Å²) < 4.78 is 23.9. The Labute approximate surface area is 170 Å². The van der Waals surface area contributed by atoms with E-state index in [1.54, 1.807) is 30.8 Å². The number of carbonyl (C=O) groups excluding carboxylic acids is 1. The second-order valence-electron chi connectivity index (χ2n) is 7.58. The van der Waals surface area contributed by atoms with Crippen LogP contribution in [0.3, 0.4) is 0 Å². The molecule has 1 heterocycles. The van der Waals surface area contributed by atoms with E-state index in [1.165, 1.54) is 12.4 Å². The summed E-state index contributed by atoms with van der Waals surface area (Å²) in [6.45, 7) is 5.03. The van der Waals surface area contributed by atoms with Crippen LogP contribution in [0.5, 0.6) is 0 Å². The van der Waals surface area contributed by atoms with Gasteiger partial charge in [0, 0.05) is 29.9 Å². The summed E-state index contributed by atoms with van der Waals surface area (Å²) in [6, 6.07) is 5.45. The molecule has 0 spiro atoms. The number of aryl methyl sites for hydroxylation is 1. The molecule has 0 fully saturated rings. The molecule has 1 aromatic carbocycles. The second-order valence-corrected chi connectivity index (χ2v) is 10.0. The van der Waals surface area contributed by atoms with E-state index in [0.29, 0.717) is 5.52 Å². The lowest BCUT2D eigenvalue weighted by Crippen LogP contribution is -2.49. The van der Waals surface area contributed by atoms with Crippen molar-refractivity contribution >= 4 is 26.6 Å². The first-order valence-corrected chi connectivity index (χ1v) is 10.7. The van der Waals surface area contributed by atoms with Gasteiger partial charge in [-0.3, -0.25) is 14.7 Å². The van der Waals surface area contributed by atoms with Crippen molar-refractivity contribution in [3.63, 3.8) is 0 Å². The van der Waals surface area contributed by atoms with E-state index in [9.17, 15) is 13.2 Å². The number of hydrogen-bond acceptors (Lipinski definition) is 6. The van der Waals surface area contributed by atoms with Crippen molar-refractivity contribution in [1.29, 1.82) is 0 Å². The van der Waals surface area contributed by atoms with Gasteiger partial charge >= 0.3 is 0 Å². The average molecular weight is 417 g/mol. The van der Waals surface area contributed by atoms with E-state index < -0.39 is 26.0 Å². The number of hydrogen-bond donors (Lipinski definition) is 3. The van der Waals surface area contributed by atoms with Gasteiger partial charge in [0.1, 0.15) is 0 Å². The van der Waals surface area contributed by atoms with E-state index in [4.69, 9.17) is 10.9 Å². The molecule has 0 radical (unpaired) electrons. The van der Waals surface area contributed by atoms with Crippen LogP contribution in [-0.2, 0) is 21.2 Å². The number of aromatic nitrogens is 2. The second kappa shape index (κ2) is 8.26. The number of amides is 1. The standard InChI is InChI=1S/C20H24N4O4S/c1-19(2,21)10-6-5-7-15-8-9-17-16(13-15)14-24(22-17)12-11-20(3,18(25)23-26)29(4,27)28/h8-9,13-14,26H,11-12,21H2,1-4H3,(H,23,25)/t20-/m1/s1. The van der Waals surface area contributed by atoms with E-state index in [1.807, 2.05) is 12.1 Å². The summed E-state index contributed by atoms with van der Waals surface area (Å²) in [7, 11) is -3.76.